The highest BCUT2D eigenvalue weighted by Crippen LogP contribution is 2.33. The second-order valence-electron chi connectivity index (χ2n) is 10.6. The van der Waals surface area contributed by atoms with Crippen molar-refractivity contribution in [1.82, 2.24) is 14.6 Å². The molecule has 2 atom stereocenters. The number of sulfonamides is 1. The number of carbonyl (C=O) groups excluding carboxylic acids is 1. The summed E-state index contributed by atoms with van der Waals surface area (Å²) in [7, 11) is -3.87. The normalized spacial score (nSPS) is 21.1. The smallest absolute Gasteiger partial charge is 0.370 e. The van der Waals surface area contributed by atoms with E-state index in [1.54, 1.807) is 11.0 Å². The van der Waals surface area contributed by atoms with Gasteiger partial charge in [-0.1, -0.05) is 17.7 Å². The van der Waals surface area contributed by atoms with Crippen LogP contribution in [0.4, 0.5) is 30.4 Å². The first kappa shape index (κ1) is 28.7. The van der Waals surface area contributed by atoms with Gasteiger partial charge in [-0.3, -0.25) is 4.79 Å². The Bertz CT molecular complexity index is 1590. The maximum absolute atomic E-state index is 13.3. The van der Waals surface area contributed by atoms with E-state index in [0.29, 0.717) is 23.2 Å². The third-order valence-corrected chi connectivity index (χ3v) is 10.1. The highest BCUT2D eigenvalue weighted by atomic mass is 35.5. The van der Waals surface area contributed by atoms with Gasteiger partial charge in [-0.25, -0.2) is 13.4 Å². The van der Waals surface area contributed by atoms with Gasteiger partial charge < -0.3 is 20.4 Å². The van der Waals surface area contributed by atoms with E-state index in [1.807, 2.05) is 18.2 Å². The zero-order chi connectivity index (χ0) is 29.6. The number of hydrogen-bond acceptors (Lipinski definition) is 7. The quantitative estimate of drug-likeness (QED) is 0.403. The molecule has 3 aliphatic heterocycles. The van der Waals surface area contributed by atoms with Crippen molar-refractivity contribution in [2.45, 2.75) is 17.1 Å². The van der Waals surface area contributed by atoms with Crippen LogP contribution in [-0.4, -0.2) is 75.5 Å². The van der Waals surface area contributed by atoms with Crippen molar-refractivity contribution in [3.63, 3.8) is 0 Å². The van der Waals surface area contributed by atoms with E-state index >= 15 is 0 Å². The predicted octanol–water partition coefficient (Wildman–Crippen LogP) is 3.93. The van der Waals surface area contributed by atoms with Gasteiger partial charge in [0.2, 0.25) is 10.0 Å². The predicted molar refractivity (Wildman–Crippen MR) is 154 cm³/mol. The van der Waals surface area contributed by atoms with Crippen molar-refractivity contribution in [2.24, 2.45) is 5.92 Å². The van der Waals surface area contributed by atoms with Crippen molar-refractivity contribution in [1.29, 1.82) is 0 Å². The van der Waals surface area contributed by atoms with Crippen molar-refractivity contribution < 1.29 is 26.4 Å². The van der Waals surface area contributed by atoms with E-state index in [1.165, 1.54) is 28.6 Å². The number of aromatic nitrogens is 1. The van der Waals surface area contributed by atoms with Gasteiger partial charge in [0.05, 0.1) is 10.5 Å². The molecule has 0 bridgehead atoms. The van der Waals surface area contributed by atoms with E-state index < -0.39 is 21.8 Å². The molecule has 1 amide bonds. The molecule has 42 heavy (non-hydrogen) atoms. The third-order valence-electron chi connectivity index (χ3n) is 7.98. The average molecular weight is 621 g/mol. The number of nitrogens with zero attached hydrogens (tertiary/aromatic N) is 4. The van der Waals surface area contributed by atoms with Crippen LogP contribution in [0.1, 0.15) is 15.9 Å². The van der Waals surface area contributed by atoms with Gasteiger partial charge in [0.1, 0.15) is 11.0 Å². The summed E-state index contributed by atoms with van der Waals surface area (Å²) in [5.74, 6) is 0.391. The summed E-state index contributed by atoms with van der Waals surface area (Å²) in [6, 6.07) is 15.5. The molecule has 2 aromatic carbocycles. The van der Waals surface area contributed by atoms with Crippen LogP contribution in [0.15, 0.2) is 65.6 Å². The number of hydrogen-bond donors (Lipinski definition) is 2. The van der Waals surface area contributed by atoms with Gasteiger partial charge >= 0.3 is 6.18 Å². The summed E-state index contributed by atoms with van der Waals surface area (Å²) in [5.41, 5.74) is 1.03. The first-order chi connectivity index (χ1) is 20.0. The second kappa shape index (κ2) is 11.0. The van der Waals surface area contributed by atoms with E-state index in [0.717, 1.165) is 37.5 Å². The summed E-state index contributed by atoms with van der Waals surface area (Å²) >= 11 is 5.81. The van der Waals surface area contributed by atoms with E-state index in [9.17, 15) is 26.4 Å². The molecule has 3 aliphatic rings. The zero-order valence-corrected chi connectivity index (χ0v) is 23.9. The lowest BCUT2D eigenvalue weighted by Gasteiger charge is -2.35. The fraction of sp³-hybridized carbons (Fsp3) is 0.357. The molecule has 0 spiro atoms. The van der Waals surface area contributed by atoms with Crippen molar-refractivity contribution in [3.05, 3.63) is 76.9 Å². The van der Waals surface area contributed by atoms with Crippen LogP contribution in [0.25, 0.3) is 0 Å². The molecule has 4 heterocycles. The number of nitrogens with one attached hydrogen (secondary N) is 2. The molecule has 2 N–H and O–H groups in total. The van der Waals surface area contributed by atoms with Gasteiger partial charge in [-0.05, 0) is 54.6 Å². The van der Waals surface area contributed by atoms with Crippen LogP contribution in [0, 0.1) is 5.92 Å². The molecule has 3 fully saturated rings. The fourth-order valence-corrected chi connectivity index (χ4v) is 7.16. The zero-order valence-electron chi connectivity index (χ0n) is 22.3. The van der Waals surface area contributed by atoms with Crippen LogP contribution in [0.5, 0.6) is 0 Å². The molecule has 0 saturated carbocycles. The van der Waals surface area contributed by atoms with Crippen molar-refractivity contribution in [2.75, 3.05) is 60.9 Å². The summed E-state index contributed by atoms with van der Waals surface area (Å²) in [5, 5.41) is 5.96. The number of piperazine rings is 1. The second-order valence-corrected chi connectivity index (χ2v) is 13.0. The van der Waals surface area contributed by atoms with Crippen molar-refractivity contribution in [3.8, 4) is 0 Å². The number of amides is 1. The highest BCUT2D eigenvalue weighted by molar-refractivity contribution is 7.89. The molecular formula is C28H28ClF3N6O3S. The van der Waals surface area contributed by atoms with Crippen LogP contribution in [0.3, 0.4) is 0 Å². The molecule has 3 aromatic rings. The van der Waals surface area contributed by atoms with Crippen molar-refractivity contribution >= 4 is 44.7 Å². The van der Waals surface area contributed by atoms with E-state index in [-0.39, 0.29) is 48.0 Å². The Morgan fingerprint density at radius 1 is 0.976 bits per heavy atom. The molecule has 0 aliphatic carbocycles. The van der Waals surface area contributed by atoms with Crippen LogP contribution in [0.2, 0.25) is 5.15 Å². The van der Waals surface area contributed by atoms with Gasteiger partial charge in [-0.2, -0.15) is 17.5 Å². The minimum absolute atomic E-state index is 0.0436. The topological polar surface area (TPSA) is 97.9 Å². The Labute approximate surface area is 246 Å². The number of benzene rings is 2. The van der Waals surface area contributed by atoms with Gasteiger partial charge in [0.15, 0.2) is 0 Å². The minimum atomic E-state index is -4.58. The van der Waals surface area contributed by atoms with E-state index in [4.69, 9.17) is 11.6 Å². The first-order valence-electron chi connectivity index (χ1n) is 13.5. The molecule has 3 saturated heterocycles. The molecular weight excluding hydrogens is 593 g/mol. The molecule has 222 valence electrons. The maximum Gasteiger partial charge on any atom is 0.416 e. The SMILES string of the molecule is O=C(Nc1ccc(S(=O)(=O)N2CCN(c3cc(C(F)(F)F)cc(Cl)n3)CC2)cc1)c1cccc(N2C[C@H]3CN[C@H]3C2)c1. The number of anilines is 3. The maximum atomic E-state index is 13.3. The largest absolute Gasteiger partial charge is 0.416 e. The number of pyridine rings is 1. The Hall–Kier alpha value is -3.39. The van der Waals surface area contributed by atoms with Crippen LogP contribution in [-0.2, 0) is 16.2 Å². The Balaban J connectivity index is 1.08. The number of halogens is 4. The molecule has 9 nitrogen and oxygen atoms in total. The number of carbonyl (C=O) groups is 1. The number of alkyl halides is 3. The lowest BCUT2D eigenvalue weighted by Crippen LogP contribution is -2.51. The Morgan fingerprint density at radius 2 is 1.71 bits per heavy atom. The van der Waals surface area contributed by atoms with Gasteiger partial charge in [0.25, 0.3) is 5.91 Å². The molecule has 14 heteroatoms. The molecule has 1 aromatic heterocycles. The summed E-state index contributed by atoms with van der Waals surface area (Å²) in [6.07, 6.45) is -4.58. The van der Waals surface area contributed by atoms with Gasteiger partial charge in [-0.15, -0.1) is 0 Å². The standard InChI is InChI=1S/C28H28ClF3N6O3S/c29-25-13-20(28(30,31)32)14-26(35-25)36-8-10-38(11-9-36)42(40,41)23-6-4-21(5-7-23)34-27(39)18-2-1-3-22(12-18)37-16-19-15-33-24(19)17-37/h1-7,12-14,19,24,33H,8-11,15-17H2,(H,34,39)/t19-,24+/m1/s1. The van der Waals surface area contributed by atoms with Crippen LogP contribution < -0.4 is 20.4 Å². The lowest BCUT2D eigenvalue weighted by molar-refractivity contribution is -0.137. The summed E-state index contributed by atoms with van der Waals surface area (Å²) in [6.45, 7) is 3.30. The Kier molecular flexibility index (Phi) is 7.54. The highest BCUT2D eigenvalue weighted by Gasteiger charge is 2.39. The van der Waals surface area contributed by atoms with Gasteiger partial charge in [0, 0.05) is 74.7 Å². The molecule has 0 unspecified atom stereocenters. The van der Waals surface area contributed by atoms with Crippen LogP contribution >= 0.6 is 11.6 Å². The number of rotatable bonds is 6. The third kappa shape index (κ3) is 5.78. The minimum Gasteiger partial charge on any atom is -0.370 e. The molecule has 0 radical (unpaired) electrons. The lowest BCUT2D eigenvalue weighted by atomic mass is 9.96. The summed E-state index contributed by atoms with van der Waals surface area (Å²) < 4.78 is 67.4. The van der Waals surface area contributed by atoms with E-state index in [2.05, 4.69) is 20.5 Å². The average Bonchev–Trinajstić information content (AvgIpc) is 3.26. The monoisotopic (exact) mass is 620 g/mol. The summed E-state index contributed by atoms with van der Waals surface area (Å²) in [4.78, 5) is 20.8. The first-order valence-corrected chi connectivity index (χ1v) is 15.3. The fourth-order valence-electron chi connectivity index (χ4n) is 5.54. The molecule has 6 rings (SSSR count). The Morgan fingerprint density at radius 3 is 2.33 bits per heavy atom. The number of fused-ring (bicyclic) bond motifs is 1.